The normalized spacial score (nSPS) is 31.5. The van der Waals surface area contributed by atoms with Gasteiger partial charge < -0.3 is 24.7 Å². The summed E-state index contributed by atoms with van der Waals surface area (Å²) in [6.45, 7) is 0.543. The highest BCUT2D eigenvalue weighted by Crippen LogP contribution is 2.47. The zero-order chi connectivity index (χ0) is 16.9. The van der Waals surface area contributed by atoms with E-state index in [1.54, 1.807) is 4.90 Å². The second kappa shape index (κ2) is 5.46. The van der Waals surface area contributed by atoms with Crippen LogP contribution in [0.1, 0.15) is 30.9 Å². The fraction of sp³-hybridized carbons (Fsp3) is 0.529. The Hall–Kier alpha value is -2.12. The highest BCUT2D eigenvalue weighted by atomic mass is 16.6. The number of benzene rings is 1. The van der Waals surface area contributed by atoms with E-state index in [-0.39, 0.29) is 25.0 Å². The Morgan fingerprint density at radius 1 is 1.21 bits per heavy atom. The van der Waals surface area contributed by atoms with Gasteiger partial charge in [0.05, 0.1) is 6.04 Å². The van der Waals surface area contributed by atoms with Crippen LogP contribution in [-0.2, 0) is 9.53 Å². The van der Waals surface area contributed by atoms with Gasteiger partial charge in [0.2, 0.25) is 0 Å². The van der Waals surface area contributed by atoms with Gasteiger partial charge in [-0.2, -0.15) is 0 Å². The highest BCUT2D eigenvalue weighted by Gasteiger charge is 2.60. The molecular weight excluding hydrogens is 312 g/mol. The zero-order valence-corrected chi connectivity index (χ0v) is 13.2. The van der Waals surface area contributed by atoms with Crippen molar-refractivity contribution in [3.05, 3.63) is 35.9 Å². The number of rotatable bonds is 1. The molecule has 7 heteroatoms. The third-order valence-electron chi connectivity index (χ3n) is 5.40. The van der Waals surface area contributed by atoms with Gasteiger partial charge in [-0.15, -0.1) is 0 Å². The maximum atomic E-state index is 13.1. The molecule has 3 fully saturated rings. The van der Waals surface area contributed by atoms with Crippen molar-refractivity contribution in [1.82, 2.24) is 9.80 Å². The van der Waals surface area contributed by atoms with Crippen molar-refractivity contribution in [2.45, 2.75) is 43.2 Å². The predicted molar refractivity (Wildman–Crippen MR) is 83.1 cm³/mol. The first-order valence-corrected chi connectivity index (χ1v) is 8.23. The Balaban J connectivity index is 1.59. The lowest BCUT2D eigenvalue weighted by molar-refractivity contribution is -0.145. The van der Waals surface area contributed by atoms with Crippen LogP contribution < -0.4 is 0 Å². The molecule has 128 valence electrons. The number of fused-ring (bicyclic) bond motifs is 1. The molecule has 0 aliphatic carbocycles. The number of piperidine rings is 1. The fourth-order valence-electron chi connectivity index (χ4n) is 4.09. The monoisotopic (exact) mass is 332 g/mol. The molecule has 3 heterocycles. The molecule has 2 amide bonds. The maximum Gasteiger partial charge on any atom is 0.407 e. The number of nitrogens with zero attached hydrogens (tertiary/aromatic N) is 2. The van der Waals surface area contributed by atoms with Gasteiger partial charge in [-0.1, -0.05) is 30.3 Å². The average Bonchev–Trinajstić information content (AvgIpc) is 3.05. The van der Waals surface area contributed by atoms with Gasteiger partial charge in [-0.25, -0.2) is 4.79 Å². The van der Waals surface area contributed by atoms with E-state index in [1.165, 1.54) is 4.90 Å². The Bertz CT molecular complexity index is 656. The van der Waals surface area contributed by atoms with Crippen LogP contribution >= 0.6 is 0 Å². The molecular formula is C17H20N2O5. The molecule has 0 aromatic heterocycles. The van der Waals surface area contributed by atoms with Crippen LogP contribution in [0.5, 0.6) is 0 Å². The van der Waals surface area contributed by atoms with Crippen LogP contribution in [0.3, 0.4) is 0 Å². The molecule has 7 nitrogen and oxygen atoms in total. The minimum absolute atomic E-state index is 0.122. The Morgan fingerprint density at radius 3 is 2.50 bits per heavy atom. The summed E-state index contributed by atoms with van der Waals surface area (Å²) in [6.07, 6.45) is -1.22. The third-order valence-corrected chi connectivity index (χ3v) is 5.40. The Labute approximate surface area is 139 Å². The van der Waals surface area contributed by atoms with Gasteiger partial charge >= 0.3 is 6.09 Å². The standard InChI is InChI=1S/C17H20N2O5/c20-13-10-12(11-4-2-1-3-5-11)19-14(13)24-17(15(19)21)6-8-18(9-7-17)16(22)23/h1-5,12-14,20H,6-10H2,(H,22,23)/t12-,13?,14+/m0/s1. The van der Waals surface area contributed by atoms with Gasteiger partial charge in [0.15, 0.2) is 11.8 Å². The molecule has 0 bridgehead atoms. The van der Waals surface area contributed by atoms with E-state index in [9.17, 15) is 14.7 Å². The fourth-order valence-corrected chi connectivity index (χ4v) is 4.09. The molecule has 1 aromatic rings. The van der Waals surface area contributed by atoms with Gasteiger partial charge in [-0.3, -0.25) is 4.79 Å². The SMILES string of the molecule is O=C(O)N1CCC2(CC1)O[C@@H]1C(O)C[C@@H](c3ccccc3)N1C2=O. The molecule has 3 atom stereocenters. The topological polar surface area (TPSA) is 90.3 Å². The quantitative estimate of drug-likeness (QED) is 0.806. The summed E-state index contributed by atoms with van der Waals surface area (Å²) in [6, 6.07) is 9.44. The van der Waals surface area contributed by atoms with Crippen molar-refractivity contribution in [3.8, 4) is 0 Å². The first-order chi connectivity index (χ1) is 11.5. The molecule has 0 saturated carbocycles. The minimum Gasteiger partial charge on any atom is -0.465 e. The van der Waals surface area contributed by atoms with Crippen LogP contribution in [0.15, 0.2) is 30.3 Å². The van der Waals surface area contributed by atoms with Crippen molar-refractivity contribution in [3.63, 3.8) is 0 Å². The first kappa shape index (κ1) is 15.4. The van der Waals surface area contributed by atoms with Gasteiger partial charge in [0.1, 0.15) is 6.10 Å². The summed E-state index contributed by atoms with van der Waals surface area (Å²) < 4.78 is 6.02. The van der Waals surface area contributed by atoms with Gasteiger partial charge in [0.25, 0.3) is 5.91 Å². The summed E-state index contributed by atoms with van der Waals surface area (Å²) in [5.41, 5.74) is -0.0126. The molecule has 3 aliphatic rings. The molecule has 3 saturated heterocycles. The molecule has 3 aliphatic heterocycles. The van der Waals surface area contributed by atoms with Crippen molar-refractivity contribution < 1.29 is 24.5 Å². The predicted octanol–water partition coefficient (Wildman–Crippen LogP) is 1.19. The minimum atomic E-state index is -0.995. The molecule has 0 radical (unpaired) electrons. The van der Waals surface area contributed by atoms with E-state index in [0.717, 1.165) is 5.56 Å². The van der Waals surface area contributed by atoms with Crippen LogP contribution in [-0.4, -0.2) is 63.0 Å². The number of ether oxygens (including phenoxy) is 1. The van der Waals surface area contributed by atoms with Crippen LogP contribution in [0.25, 0.3) is 0 Å². The smallest absolute Gasteiger partial charge is 0.407 e. The van der Waals surface area contributed by atoms with Crippen LogP contribution in [0, 0.1) is 0 Å². The summed E-state index contributed by atoms with van der Waals surface area (Å²) in [7, 11) is 0. The molecule has 1 unspecified atom stereocenters. The van der Waals surface area contributed by atoms with E-state index < -0.39 is 24.0 Å². The summed E-state index contributed by atoms with van der Waals surface area (Å²) >= 11 is 0. The lowest BCUT2D eigenvalue weighted by Gasteiger charge is -2.36. The van der Waals surface area contributed by atoms with E-state index in [0.29, 0.717) is 19.3 Å². The Kier molecular flexibility index (Phi) is 3.51. The number of aliphatic hydroxyl groups is 1. The molecule has 4 rings (SSSR count). The summed E-state index contributed by atoms with van der Waals surface area (Å²) in [5.74, 6) is -0.122. The number of hydrogen-bond acceptors (Lipinski definition) is 4. The number of carbonyl (C=O) groups is 2. The molecule has 2 N–H and O–H groups in total. The van der Waals surface area contributed by atoms with Crippen molar-refractivity contribution >= 4 is 12.0 Å². The number of carboxylic acid groups (broad SMARTS) is 1. The molecule has 1 aromatic carbocycles. The highest BCUT2D eigenvalue weighted by molar-refractivity contribution is 5.88. The number of carbonyl (C=O) groups excluding carboxylic acids is 1. The van der Waals surface area contributed by atoms with E-state index >= 15 is 0 Å². The van der Waals surface area contributed by atoms with Crippen molar-refractivity contribution in [2.24, 2.45) is 0 Å². The number of amides is 2. The van der Waals surface area contributed by atoms with E-state index in [1.807, 2.05) is 30.3 Å². The summed E-state index contributed by atoms with van der Waals surface area (Å²) in [5, 5.41) is 19.5. The molecule has 1 spiro atoms. The van der Waals surface area contributed by atoms with Crippen LogP contribution in [0.2, 0.25) is 0 Å². The second-order valence-electron chi connectivity index (χ2n) is 6.71. The average molecular weight is 332 g/mol. The number of likely N-dealkylation sites (tertiary alicyclic amines) is 1. The zero-order valence-electron chi connectivity index (χ0n) is 13.2. The number of hydrogen-bond donors (Lipinski definition) is 2. The van der Waals surface area contributed by atoms with Gasteiger partial charge in [-0.05, 0) is 5.56 Å². The van der Waals surface area contributed by atoms with Crippen LogP contribution in [0.4, 0.5) is 4.79 Å². The Morgan fingerprint density at radius 2 is 1.88 bits per heavy atom. The lowest BCUT2D eigenvalue weighted by Crippen LogP contribution is -2.51. The number of aliphatic hydroxyl groups excluding tert-OH is 1. The van der Waals surface area contributed by atoms with E-state index in [4.69, 9.17) is 9.84 Å². The van der Waals surface area contributed by atoms with Crippen molar-refractivity contribution in [1.29, 1.82) is 0 Å². The van der Waals surface area contributed by atoms with Crippen molar-refractivity contribution in [2.75, 3.05) is 13.1 Å². The summed E-state index contributed by atoms with van der Waals surface area (Å²) in [4.78, 5) is 27.1. The maximum absolute atomic E-state index is 13.1. The second-order valence-corrected chi connectivity index (χ2v) is 6.71. The largest absolute Gasteiger partial charge is 0.465 e. The van der Waals surface area contributed by atoms with E-state index in [2.05, 4.69) is 0 Å². The van der Waals surface area contributed by atoms with Gasteiger partial charge in [0, 0.05) is 32.4 Å². The molecule has 24 heavy (non-hydrogen) atoms. The lowest BCUT2D eigenvalue weighted by atomic mass is 9.89. The first-order valence-electron chi connectivity index (χ1n) is 8.23. The third kappa shape index (κ3) is 2.19.